The van der Waals surface area contributed by atoms with Crippen LogP contribution < -0.4 is 5.32 Å². The Morgan fingerprint density at radius 1 is 1.28 bits per heavy atom. The highest BCUT2D eigenvalue weighted by Crippen LogP contribution is 2.45. The lowest BCUT2D eigenvalue weighted by Crippen LogP contribution is -2.28. The van der Waals surface area contributed by atoms with Crippen molar-refractivity contribution in [3.63, 3.8) is 0 Å². The van der Waals surface area contributed by atoms with Crippen LogP contribution in [0.1, 0.15) is 39.2 Å². The molecule has 0 bridgehead atoms. The highest BCUT2D eigenvalue weighted by Gasteiger charge is 2.41. The number of fused-ring (bicyclic) bond motifs is 1. The summed E-state index contributed by atoms with van der Waals surface area (Å²) in [6, 6.07) is 2.05. The quantitative estimate of drug-likeness (QED) is 0.812. The maximum atomic E-state index is 13.6. The molecule has 1 aromatic rings. The molecule has 1 aliphatic heterocycles. The molecule has 0 fully saturated rings. The average Bonchev–Trinajstić information content (AvgIpc) is 2.52. The van der Waals surface area contributed by atoms with Gasteiger partial charge in [0.05, 0.1) is 11.6 Å². The summed E-state index contributed by atoms with van der Waals surface area (Å²) in [4.78, 5) is 12.0. The Balaban J connectivity index is 2.51. The Bertz CT molecular complexity index is 505. The number of hydrogen-bond acceptors (Lipinski definition) is 1. The van der Waals surface area contributed by atoms with Gasteiger partial charge >= 0.3 is 0 Å². The lowest BCUT2D eigenvalue weighted by Gasteiger charge is -2.31. The number of anilines is 1. The Hall–Kier alpha value is -1.45. The molecule has 1 amide bonds. The zero-order chi connectivity index (χ0) is 13.7. The third-order valence-electron chi connectivity index (χ3n) is 3.82. The Labute approximate surface area is 105 Å². The molecule has 2 rings (SSSR count). The van der Waals surface area contributed by atoms with Crippen LogP contribution in [0.2, 0.25) is 0 Å². The maximum Gasteiger partial charge on any atom is 0.232 e. The van der Waals surface area contributed by atoms with Crippen LogP contribution in [0.25, 0.3) is 0 Å². The number of nitrogens with one attached hydrogen (secondary N) is 1. The molecule has 1 aromatic carbocycles. The summed E-state index contributed by atoms with van der Waals surface area (Å²) in [6.07, 6.45) is 0. The zero-order valence-electron chi connectivity index (χ0n) is 11.0. The molecule has 0 saturated carbocycles. The van der Waals surface area contributed by atoms with E-state index in [0.717, 1.165) is 6.07 Å². The van der Waals surface area contributed by atoms with Crippen molar-refractivity contribution in [3.05, 3.63) is 29.3 Å². The van der Waals surface area contributed by atoms with Gasteiger partial charge in [-0.05, 0) is 23.0 Å². The molecular weight excluding hydrogens is 236 g/mol. The molecule has 1 N–H and O–H groups in total. The van der Waals surface area contributed by atoms with Gasteiger partial charge < -0.3 is 5.32 Å². The van der Waals surface area contributed by atoms with E-state index in [2.05, 4.69) is 5.32 Å². The summed E-state index contributed by atoms with van der Waals surface area (Å²) in [6.45, 7) is 7.97. The van der Waals surface area contributed by atoms with Gasteiger partial charge in [0.25, 0.3) is 0 Å². The zero-order valence-corrected chi connectivity index (χ0v) is 11.0. The predicted octanol–water partition coefficient (Wildman–Crippen LogP) is 3.68. The number of rotatable bonds is 1. The fraction of sp³-hybridized carbons (Fsp3) is 0.500. The van der Waals surface area contributed by atoms with Crippen molar-refractivity contribution >= 4 is 11.6 Å². The van der Waals surface area contributed by atoms with Crippen LogP contribution in [0.4, 0.5) is 14.5 Å². The minimum absolute atomic E-state index is 0.0139. The average molecular weight is 253 g/mol. The molecule has 0 aliphatic carbocycles. The number of carbonyl (C=O) groups excluding carboxylic acids is 1. The fourth-order valence-corrected chi connectivity index (χ4v) is 2.31. The van der Waals surface area contributed by atoms with Gasteiger partial charge in [0, 0.05) is 6.07 Å². The standard InChI is InChI=1S/C14H17F2NO/c1-7(14(2,3)4)11-9-5-8(15)6-10(16)12(9)17-13(11)18/h5-7,11H,1-4H3,(H,17,18). The van der Waals surface area contributed by atoms with Crippen LogP contribution in [0.3, 0.4) is 0 Å². The summed E-state index contributed by atoms with van der Waals surface area (Å²) < 4.78 is 26.9. The molecule has 2 unspecified atom stereocenters. The molecule has 4 heteroatoms. The van der Waals surface area contributed by atoms with E-state index < -0.39 is 17.6 Å². The van der Waals surface area contributed by atoms with Gasteiger partial charge in [-0.2, -0.15) is 0 Å². The van der Waals surface area contributed by atoms with Crippen LogP contribution in [-0.2, 0) is 4.79 Å². The van der Waals surface area contributed by atoms with E-state index in [9.17, 15) is 13.6 Å². The first-order valence-corrected chi connectivity index (χ1v) is 6.01. The molecule has 2 atom stereocenters. The molecule has 1 heterocycles. The Morgan fingerprint density at radius 2 is 1.89 bits per heavy atom. The van der Waals surface area contributed by atoms with E-state index >= 15 is 0 Å². The van der Waals surface area contributed by atoms with E-state index in [-0.39, 0.29) is 22.9 Å². The Morgan fingerprint density at radius 3 is 2.44 bits per heavy atom. The lowest BCUT2D eigenvalue weighted by atomic mass is 9.72. The van der Waals surface area contributed by atoms with Gasteiger partial charge in [-0.25, -0.2) is 8.78 Å². The molecule has 1 aliphatic rings. The maximum absolute atomic E-state index is 13.6. The van der Waals surface area contributed by atoms with E-state index in [1.807, 2.05) is 27.7 Å². The van der Waals surface area contributed by atoms with Gasteiger partial charge in [0.2, 0.25) is 5.91 Å². The normalized spacial score (nSPS) is 20.6. The first kappa shape index (κ1) is 13.0. The van der Waals surface area contributed by atoms with Crippen molar-refractivity contribution in [1.82, 2.24) is 0 Å². The highest BCUT2D eigenvalue weighted by atomic mass is 19.1. The topological polar surface area (TPSA) is 29.1 Å². The summed E-state index contributed by atoms with van der Waals surface area (Å²) in [5.41, 5.74) is 0.439. The first-order chi connectivity index (χ1) is 8.21. The van der Waals surface area contributed by atoms with Gasteiger partial charge in [0.1, 0.15) is 11.6 Å². The largest absolute Gasteiger partial charge is 0.323 e. The highest BCUT2D eigenvalue weighted by molar-refractivity contribution is 6.03. The second-order valence-electron chi connectivity index (χ2n) is 5.97. The summed E-state index contributed by atoms with van der Waals surface area (Å²) in [7, 11) is 0. The van der Waals surface area contributed by atoms with Crippen molar-refractivity contribution in [2.24, 2.45) is 11.3 Å². The van der Waals surface area contributed by atoms with Gasteiger partial charge in [-0.3, -0.25) is 4.79 Å². The predicted molar refractivity (Wildman–Crippen MR) is 66.3 cm³/mol. The number of halogens is 2. The number of amides is 1. The van der Waals surface area contributed by atoms with Crippen molar-refractivity contribution < 1.29 is 13.6 Å². The van der Waals surface area contributed by atoms with E-state index in [1.54, 1.807) is 0 Å². The van der Waals surface area contributed by atoms with Gasteiger partial charge in [-0.15, -0.1) is 0 Å². The SMILES string of the molecule is CC(C1C(=O)Nc2c(F)cc(F)cc21)C(C)(C)C. The molecule has 98 valence electrons. The van der Waals surface area contributed by atoms with E-state index in [1.165, 1.54) is 6.07 Å². The second kappa shape index (κ2) is 4.04. The summed E-state index contributed by atoms with van der Waals surface area (Å²) in [5, 5.41) is 2.52. The second-order valence-corrected chi connectivity index (χ2v) is 5.97. The van der Waals surface area contributed by atoms with Gasteiger partial charge in [-0.1, -0.05) is 27.7 Å². The van der Waals surface area contributed by atoms with E-state index in [0.29, 0.717) is 5.56 Å². The fourth-order valence-electron chi connectivity index (χ4n) is 2.31. The van der Waals surface area contributed by atoms with Gasteiger partial charge in [0.15, 0.2) is 0 Å². The Kier molecular flexibility index (Phi) is 2.92. The minimum atomic E-state index is -0.707. The van der Waals surface area contributed by atoms with Crippen molar-refractivity contribution in [2.75, 3.05) is 5.32 Å². The smallest absolute Gasteiger partial charge is 0.232 e. The van der Waals surface area contributed by atoms with E-state index in [4.69, 9.17) is 0 Å². The number of carbonyl (C=O) groups is 1. The van der Waals surface area contributed by atoms with Crippen LogP contribution in [0.5, 0.6) is 0 Å². The van der Waals surface area contributed by atoms with Crippen LogP contribution >= 0.6 is 0 Å². The number of hydrogen-bond donors (Lipinski definition) is 1. The van der Waals surface area contributed by atoms with Crippen molar-refractivity contribution in [1.29, 1.82) is 0 Å². The van der Waals surface area contributed by atoms with Crippen LogP contribution in [0, 0.1) is 23.0 Å². The minimum Gasteiger partial charge on any atom is -0.323 e. The third kappa shape index (κ3) is 2.00. The molecule has 0 spiro atoms. The molecule has 2 nitrogen and oxygen atoms in total. The first-order valence-electron chi connectivity index (χ1n) is 6.01. The molecule has 0 aromatic heterocycles. The number of benzene rings is 1. The summed E-state index contributed by atoms with van der Waals surface area (Å²) in [5.74, 6) is -2.11. The molecule has 18 heavy (non-hydrogen) atoms. The summed E-state index contributed by atoms with van der Waals surface area (Å²) >= 11 is 0. The molecular formula is C14H17F2NO. The van der Waals surface area contributed by atoms with Crippen molar-refractivity contribution in [3.8, 4) is 0 Å². The molecule has 0 radical (unpaired) electrons. The van der Waals surface area contributed by atoms with Crippen LogP contribution in [-0.4, -0.2) is 5.91 Å². The lowest BCUT2D eigenvalue weighted by molar-refractivity contribution is -0.118. The van der Waals surface area contributed by atoms with Crippen LogP contribution in [0.15, 0.2) is 12.1 Å². The molecule has 0 saturated heterocycles. The monoisotopic (exact) mass is 253 g/mol. The van der Waals surface area contributed by atoms with Crippen molar-refractivity contribution in [2.45, 2.75) is 33.6 Å². The third-order valence-corrected chi connectivity index (χ3v) is 3.82.